The van der Waals surface area contributed by atoms with Crippen molar-refractivity contribution in [3.05, 3.63) is 77.0 Å². The molecule has 0 unspecified atom stereocenters. The zero-order valence-electron chi connectivity index (χ0n) is 15.9. The predicted octanol–water partition coefficient (Wildman–Crippen LogP) is 3.66. The van der Waals surface area contributed by atoms with Crippen molar-refractivity contribution in [2.24, 2.45) is 0 Å². The Morgan fingerprint density at radius 2 is 1.59 bits per heavy atom. The van der Waals surface area contributed by atoms with Gasteiger partial charge in [0.05, 0.1) is 12.2 Å². The van der Waals surface area contributed by atoms with Crippen molar-refractivity contribution in [2.45, 2.75) is 13.8 Å². The van der Waals surface area contributed by atoms with Gasteiger partial charge in [0.15, 0.2) is 5.82 Å². The summed E-state index contributed by atoms with van der Waals surface area (Å²) in [5, 5.41) is 9.03. The first-order valence-corrected chi connectivity index (χ1v) is 8.89. The minimum atomic E-state index is -0.425. The summed E-state index contributed by atoms with van der Waals surface area (Å²) in [4.78, 5) is 36.5. The van der Waals surface area contributed by atoms with E-state index in [0.717, 1.165) is 0 Å². The summed E-state index contributed by atoms with van der Waals surface area (Å²) in [5.74, 6) is -0.356. The van der Waals surface area contributed by atoms with Gasteiger partial charge in [-0.3, -0.25) is 9.59 Å². The lowest BCUT2D eigenvalue weighted by atomic mass is 10.1. The van der Waals surface area contributed by atoms with Crippen LogP contribution in [-0.4, -0.2) is 29.5 Å². The molecule has 1 heterocycles. The Morgan fingerprint density at radius 3 is 2.17 bits per heavy atom. The Morgan fingerprint density at radius 1 is 0.931 bits per heavy atom. The first-order valence-electron chi connectivity index (χ1n) is 8.89. The number of ether oxygens (including phenoxy) is 1. The average molecular weight is 393 g/mol. The van der Waals surface area contributed by atoms with E-state index in [1.165, 1.54) is 6.07 Å². The molecule has 0 radical (unpaired) electrons. The molecule has 3 rings (SSSR count). The van der Waals surface area contributed by atoms with Gasteiger partial charge in [0.1, 0.15) is 5.76 Å². The van der Waals surface area contributed by atoms with Crippen LogP contribution in [0.3, 0.4) is 0 Å². The molecule has 0 saturated heterocycles. The highest BCUT2D eigenvalue weighted by Crippen LogP contribution is 2.14. The van der Waals surface area contributed by atoms with E-state index in [2.05, 4.69) is 15.8 Å². The summed E-state index contributed by atoms with van der Waals surface area (Å²) in [5.41, 5.74) is 1.52. The van der Waals surface area contributed by atoms with E-state index in [4.69, 9.17) is 9.26 Å². The number of amides is 2. The highest BCUT2D eigenvalue weighted by Gasteiger charge is 2.13. The minimum absolute atomic E-state index is 0.289. The fourth-order valence-electron chi connectivity index (χ4n) is 2.52. The molecule has 0 aliphatic carbocycles. The van der Waals surface area contributed by atoms with E-state index in [-0.39, 0.29) is 12.5 Å². The lowest BCUT2D eigenvalue weighted by Gasteiger charge is -2.08. The van der Waals surface area contributed by atoms with Gasteiger partial charge >= 0.3 is 5.97 Å². The number of hydrogen-bond acceptors (Lipinski definition) is 6. The van der Waals surface area contributed by atoms with Crippen LogP contribution in [0.4, 0.5) is 11.5 Å². The van der Waals surface area contributed by atoms with Crippen LogP contribution >= 0.6 is 0 Å². The molecule has 2 N–H and O–H groups in total. The monoisotopic (exact) mass is 393 g/mol. The number of aromatic nitrogens is 1. The summed E-state index contributed by atoms with van der Waals surface area (Å²) >= 11 is 0. The van der Waals surface area contributed by atoms with Gasteiger partial charge in [-0.25, -0.2) is 4.79 Å². The molecular weight excluding hydrogens is 374 g/mol. The SMILES string of the molecule is CCOC(=O)c1ccc(NC(=O)c2cccc(C(=O)Nc3cc(C)on3)c2)cc1. The van der Waals surface area contributed by atoms with Crippen molar-refractivity contribution < 1.29 is 23.6 Å². The van der Waals surface area contributed by atoms with Gasteiger partial charge < -0.3 is 19.9 Å². The van der Waals surface area contributed by atoms with Gasteiger partial charge in [-0.15, -0.1) is 0 Å². The summed E-state index contributed by atoms with van der Waals surface area (Å²) in [6.07, 6.45) is 0. The van der Waals surface area contributed by atoms with Crippen molar-refractivity contribution in [3.8, 4) is 0 Å². The van der Waals surface area contributed by atoms with Gasteiger partial charge in [-0.2, -0.15) is 0 Å². The number of hydrogen-bond donors (Lipinski definition) is 2. The molecule has 0 aliphatic heterocycles. The van der Waals surface area contributed by atoms with Crippen LogP contribution < -0.4 is 10.6 Å². The van der Waals surface area contributed by atoms with E-state index < -0.39 is 11.9 Å². The van der Waals surface area contributed by atoms with Crippen LogP contribution in [0.25, 0.3) is 0 Å². The smallest absolute Gasteiger partial charge is 0.338 e. The summed E-state index contributed by atoms with van der Waals surface area (Å²) < 4.78 is 9.83. The molecular formula is C21H19N3O5. The third kappa shape index (κ3) is 5.07. The average Bonchev–Trinajstić information content (AvgIpc) is 3.13. The van der Waals surface area contributed by atoms with Gasteiger partial charge in [0.25, 0.3) is 11.8 Å². The van der Waals surface area contributed by atoms with E-state index >= 15 is 0 Å². The van der Waals surface area contributed by atoms with E-state index in [1.54, 1.807) is 62.4 Å². The standard InChI is InChI=1S/C21H19N3O5/c1-3-28-21(27)14-7-9-17(10-8-14)22-19(25)15-5-4-6-16(12-15)20(26)23-18-11-13(2)29-24-18/h4-12H,3H2,1-2H3,(H,22,25)(H,23,24,26). The lowest BCUT2D eigenvalue weighted by molar-refractivity contribution is 0.0526. The van der Waals surface area contributed by atoms with E-state index in [1.807, 2.05) is 0 Å². The molecule has 8 heteroatoms. The van der Waals surface area contributed by atoms with E-state index in [9.17, 15) is 14.4 Å². The highest BCUT2D eigenvalue weighted by atomic mass is 16.5. The second-order valence-electron chi connectivity index (χ2n) is 6.11. The molecule has 0 bridgehead atoms. The molecule has 0 saturated carbocycles. The Kier molecular flexibility index (Phi) is 6.03. The molecule has 8 nitrogen and oxygen atoms in total. The maximum Gasteiger partial charge on any atom is 0.338 e. The predicted molar refractivity (Wildman–Crippen MR) is 106 cm³/mol. The van der Waals surface area contributed by atoms with E-state index in [0.29, 0.717) is 34.0 Å². The number of benzene rings is 2. The zero-order valence-corrected chi connectivity index (χ0v) is 15.9. The Labute approximate surface area is 166 Å². The number of rotatable bonds is 6. The molecule has 3 aromatic rings. The molecule has 1 aromatic heterocycles. The van der Waals surface area contributed by atoms with Gasteiger partial charge in [-0.05, 0) is 56.3 Å². The molecule has 0 atom stereocenters. The molecule has 0 spiro atoms. The van der Waals surface area contributed by atoms with Crippen molar-refractivity contribution in [1.82, 2.24) is 5.16 Å². The summed E-state index contributed by atoms with van der Waals surface area (Å²) in [7, 11) is 0. The molecule has 0 aliphatic rings. The highest BCUT2D eigenvalue weighted by molar-refractivity contribution is 6.08. The number of carbonyl (C=O) groups is 3. The van der Waals surface area contributed by atoms with Crippen LogP contribution in [-0.2, 0) is 4.74 Å². The topological polar surface area (TPSA) is 111 Å². The van der Waals surface area contributed by atoms with Gasteiger partial charge in [0.2, 0.25) is 0 Å². The summed E-state index contributed by atoms with van der Waals surface area (Å²) in [6, 6.07) is 14.2. The van der Waals surface area contributed by atoms with Gasteiger partial charge in [0, 0.05) is 22.9 Å². The minimum Gasteiger partial charge on any atom is -0.462 e. The fourth-order valence-corrected chi connectivity index (χ4v) is 2.52. The maximum atomic E-state index is 12.5. The maximum absolute atomic E-state index is 12.5. The number of nitrogens with zero attached hydrogens (tertiary/aromatic N) is 1. The van der Waals surface area contributed by atoms with Crippen LogP contribution in [0.15, 0.2) is 59.1 Å². The first-order chi connectivity index (χ1) is 14.0. The Hall–Kier alpha value is -3.94. The largest absolute Gasteiger partial charge is 0.462 e. The van der Waals surface area contributed by atoms with Crippen LogP contribution in [0.1, 0.15) is 43.8 Å². The fraction of sp³-hybridized carbons (Fsp3) is 0.143. The third-order valence-electron chi connectivity index (χ3n) is 3.91. The molecule has 148 valence electrons. The first kappa shape index (κ1) is 19.8. The van der Waals surface area contributed by atoms with Crippen LogP contribution in [0.2, 0.25) is 0 Å². The van der Waals surface area contributed by atoms with Gasteiger partial charge in [-0.1, -0.05) is 11.2 Å². The normalized spacial score (nSPS) is 10.3. The molecule has 2 aromatic carbocycles. The van der Waals surface area contributed by atoms with Crippen molar-refractivity contribution in [2.75, 3.05) is 17.2 Å². The molecule has 2 amide bonds. The van der Waals surface area contributed by atoms with Crippen molar-refractivity contribution in [3.63, 3.8) is 0 Å². The van der Waals surface area contributed by atoms with Crippen LogP contribution in [0, 0.1) is 6.92 Å². The number of esters is 1. The second kappa shape index (κ2) is 8.83. The summed E-state index contributed by atoms with van der Waals surface area (Å²) in [6.45, 7) is 3.73. The Bertz CT molecular complexity index is 1040. The quantitative estimate of drug-likeness (QED) is 0.618. The number of anilines is 2. The molecule has 29 heavy (non-hydrogen) atoms. The Balaban J connectivity index is 1.67. The lowest BCUT2D eigenvalue weighted by Crippen LogP contribution is -2.15. The van der Waals surface area contributed by atoms with Crippen molar-refractivity contribution >= 4 is 29.3 Å². The number of aryl methyl sites for hydroxylation is 1. The zero-order chi connectivity index (χ0) is 20.8. The van der Waals surface area contributed by atoms with Crippen LogP contribution in [0.5, 0.6) is 0 Å². The van der Waals surface area contributed by atoms with Crippen molar-refractivity contribution in [1.29, 1.82) is 0 Å². The second-order valence-corrected chi connectivity index (χ2v) is 6.11. The third-order valence-corrected chi connectivity index (χ3v) is 3.91. The molecule has 0 fully saturated rings. The number of nitrogens with one attached hydrogen (secondary N) is 2. The number of carbonyl (C=O) groups excluding carboxylic acids is 3.